The smallest absolute Gasteiger partial charge is 0.408 e. The summed E-state index contributed by atoms with van der Waals surface area (Å²) >= 11 is 0. The summed E-state index contributed by atoms with van der Waals surface area (Å²) in [6.07, 6.45) is 4.16. The Morgan fingerprint density at radius 2 is 1.93 bits per heavy atom. The van der Waals surface area contributed by atoms with E-state index in [1.807, 2.05) is 61.5 Å². The van der Waals surface area contributed by atoms with E-state index in [1.165, 1.54) is 6.33 Å². The van der Waals surface area contributed by atoms with Crippen molar-refractivity contribution >= 4 is 18.2 Å². The number of hydrazone groups is 1. The lowest BCUT2D eigenvalue weighted by Gasteiger charge is -2.16. The average molecular weight is 405 g/mol. The summed E-state index contributed by atoms with van der Waals surface area (Å²) in [5, 5.41) is 6.57. The van der Waals surface area contributed by atoms with Gasteiger partial charge in [-0.2, -0.15) is 5.10 Å². The Hall–Kier alpha value is -3.94. The van der Waals surface area contributed by atoms with Gasteiger partial charge >= 0.3 is 6.09 Å². The molecule has 0 saturated heterocycles. The number of H-pyrrole nitrogens is 1. The molecule has 0 radical (unpaired) electrons. The van der Waals surface area contributed by atoms with Crippen LogP contribution in [-0.4, -0.2) is 34.2 Å². The molecule has 30 heavy (non-hydrogen) atoms. The molecule has 2 aromatic carbocycles. The molecule has 0 spiro atoms. The maximum Gasteiger partial charge on any atom is 0.408 e. The van der Waals surface area contributed by atoms with Crippen LogP contribution in [0.4, 0.5) is 4.79 Å². The Balaban J connectivity index is 1.58. The van der Waals surface area contributed by atoms with Gasteiger partial charge in [0.25, 0.3) is 5.91 Å². The highest BCUT2D eigenvalue weighted by atomic mass is 16.5. The quantitative estimate of drug-likeness (QED) is 0.395. The third-order valence-electron chi connectivity index (χ3n) is 4.27. The number of aromatic amines is 1. The zero-order valence-electron chi connectivity index (χ0n) is 16.5. The summed E-state index contributed by atoms with van der Waals surface area (Å²) in [6.45, 7) is 2.10. The first-order valence-corrected chi connectivity index (χ1v) is 9.44. The Bertz CT molecular complexity index is 970. The van der Waals surface area contributed by atoms with Crippen molar-refractivity contribution in [3.05, 3.63) is 89.5 Å². The van der Waals surface area contributed by atoms with E-state index in [0.717, 1.165) is 16.7 Å². The van der Waals surface area contributed by atoms with Crippen molar-refractivity contribution in [2.75, 3.05) is 0 Å². The number of carbonyl (C=O) groups excluding carboxylic acids is 2. The molecule has 2 amide bonds. The van der Waals surface area contributed by atoms with Crippen molar-refractivity contribution in [3.8, 4) is 0 Å². The molecular formula is C22H23N5O3. The number of aryl methyl sites for hydroxylation is 1. The fraction of sp³-hybridized carbons (Fsp3) is 0.182. The Labute approximate surface area is 174 Å². The highest BCUT2D eigenvalue weighted by molar-refractivity contribution is 5.87. The summed E-state index contributed by atoms with van der Waals surface area (Å²) in [7, 11) is 0. The van der Waals surface area contributed by atoms with Crippen LogP contribution in [0.1, 0.15) is 22.4 Å². The lowest BCUT2D eigenvalue weighted by Crippen LogP contribution is -2.47. The third-order valence-corrected chi connectivity index (χ3v) is 4.27. The van der Waals surface area contributed by atoms with Gasteiger partial charge in [0.2, 0.25) is 0 Å². The normalized spacial score (nSPS) is 11.8. The van der Waals surface area contributed by atoms with Crippen LogP contribution in [0.3, 0.4) is 0 Å². The summed E-state index contributed by atoms with van der Waals surface area (Å²) in [6, 6.07) is 16.1. The standard InChI is InChI=1S/C22H23N5O3/c1-16-7-9-17(10-8-16)12-25-27-21(28)20(11-19-13-23-15-24-19)26-22(29)30-14-18-5-3-2-4-6-18/h2-10,12-13,15,20H,11,14H2,1H3,(H,23,24)(H,26,29)(H,27,28)/b25-12-/t20-/m1/s1. The van der Waals surface area contributed by atoms with E-state index in [4.69, 9.17) is 4.74 Å². The van der Waals surface area contributed by atoms with Gasteiger partial charge in [-0.1, -0.05) is 60.2 Å². The highest BCUT2D eigenvalue weighted by Gasteiger charge is 2.22. The molecule has 3 N–H and O–H groups in total. The molecule has 8 heteroatoms. The molecule has 1 heterocycles. The van der Waals surface area contributed by atoms with Gasteiger partial charge in [-0.05, 0) is 18.1 Å². The molecule has 3 rings (SSSR count). The van der Waals surface area contributed by atoms with Gasteiger partial charge in [0.1, 0.15) is 12.6 Å². The van der Waals surface area contributed by atoms with Crippen molar-refractivity contribution in [3.63, 3.8) is 0 Å². The summed E-state index contributed by atoms with van der Waals surface area (Å²) in [5.74, 6) is -0.468. The maximum absolute atomic E-state index is 12.6. The number of imidazole rings is 1. The Morgan fingerprint density at radius 1 is 1.17 bits per heavy atom. The molecule has 8 nitrogen and oxygen atoms in total. The number of carbonyl (C=O) groups is 2. The predicted molar refractivity (Wildman–Crippen MR) is 113 cm³/mol. The van der Waals surface area contributed by atoms with Crippen molar-refractivity contribution in [1.29, 1.82) is 0 Å². The molecule has 0 unspecified atom stereocenters. The summed E-state index contributed by atoms with van der Waals surface area (Å²) < 4.78 is 5.22. The van der Waals surface area contributed by atoms with Crippen LogP contribution in [0.15, 0.2) is 72.2 Å². The van der Waals surface area contributed by atoms with Gasteiger partial charge in [-0.15, -0.1) is 0 Å². The number of nitrogens with one attached hydrogen (secondary N) is 3. The number of hydrogen-bond donors (Lipinski definition) is 3. The number of aromatic nitrogens is 2. The topological polar surface area (TPSA) is 108 Å². The number of amides is 2. The first-order chi connectivity index (χ1) is 14.6. The minimum absolute atomic E-state index is 0.108. The average Bonchev–Trinajstić information content (AvgIpc) is 3.27. The first kappa shape index (κ1) is 20.8. The molecule has 154 valence electrons. The number of rotatable bonds is 8. The Morgan fingerprint density at radius 3 is 2.63 bits per heavy atom. The van der Waals surface area contributed by atoms with Gasteiger partial charge in [-0.25, -0.2) is 15.2 Å². The van der Waals surface area contributed by atoms with Crippen molar-refractivity contribution in [1.82, 2.24) is 20.7 Å². The molecule has 0 saturated carbocycles. The SMILES string of the molecule is Cc1ccc(/C=N\NC(=O)[C@@H](Cc2cnc[nH]2)NC(=O)OCc2ccccc2)cc1. The zero-order chi connectivity index (χ0) is 21.2. The van der Waals surface area contributed by atoms with E-state index in [1.54, 1.807) is 12.4 Å². The highest BCUT2D eigenvalue weighted by Crippen LogP contribution is 2.04. The number of nitrogens with zero attached hydrogens (tertiary/aromatic N) is 2. The number of benzene rings is 2. The summed E-state index contributed by atoms with van der Waals surface area (Å²) in [4.78, 5) is 31.7. The second-order valence-electron chi connectivity index (χ2n) is 6.68. The van der Waals surface area contributed by atoms with Crippen LogP contribution in [-0.2, 0) is 22.6 Å². The lowest BCUT2D eigenvalue weighted by atomic mass is 10.1. The van der Waals surface area contributed by atoms with Gasteiger partial charge < -0.3 is 15.0 Å². The fourth-order valence-corrected chi connectivity index (χ4v) is 2.63. The monoisotopic (exact) mass is 405 g/mol. The minimum atomic E-state index is -0.885. The largest absolute Gasteiger partial charge is 0.445 e. The molecule has 1 aromatic heterocycles. The number of hydrogen-bond acceptors (Lipinski definition) is 5. The van der Waals surface area contributed by atoms with Gasteiger partial charge in [0.05, 0.1) is 12.5 Å². The zero-order valence-corrected chi connectivity index (χ0v) is 16.5. The minimum Gasteiger partial charge on any atom is -0.445 e. The van der Waals surface area contributed by atoms with E-state index >= 15 is 0 Å². The van der Waals surface area contributed by atoms with Gasteiger partial charge in [0, 0.05) is 18.3 Å². The van der Waals surface area contributed by atoms with E-state index in [9.17, 15) is 9.59 Å². The van der Waals surface area contributed by atoms with Gasteiger partial charge in [-0.3, -0.25) is 4.79 Å². The van der Waals surface area contributed by atoms with Crippen LogP contribution in [0.5, 0.6) is 0 Å². The van der Waals surface area contributed by atoms with E-state index in [0.29, 0.717) is 5.69 Å². The predicted octanol–water partition coefficient (Wildman–Crippen LogP) is 2.71. The van der Waals surface area contributed by atoms with Crippen LogP contribution >= 0.6 is 0 Å². The number of ether oxygens (including phenoxy) is 1. The van der Waals surface area contributed by atoms with Crippen molar-refractivity contribution < 1.29 is 14.3 Å². The first-order valence-electron chi connectivity index (χ1n) is 9.44. The van der Waals surface area contributed by atoms with E-state index < -0.39 is 18.0 Å². The molecular weight excluding hydrogens is 382 g/mol. The van der Waals surface area contributed by atoms with Crippen LogP contribution in [0.2, 0.25) is 0 Å². The van der Waals surface area contributed by atoms with Crippen LogP contribution < -0.4 is 10.7 Å². The van der Waals surface area contributed by atoms with Crippen molar-refractivity contribution in [2.45, 2.75) is 26.0 Å². The maximum atomic E-state index is 12.6. The molecule has 3 aromatic rings. The summed E-state index contributed by atoms with van der Waals surface area (Å²) in [5.41, 5.74) is 5.99. The lowest BCUT2D eigenvalue weighted by molar-refractivity contribution is -0.123. The second-order valence-corrected chi connectivity index (χ2v) is 6.68. The molecule has 0 aliphatic carbocycles. The number of alkyl carbamates (subject to hydrolysis) is 1. The van der Waals surface area contributed by atoms with Crippen LogP contribution in [0, 0.1) is 6.92 Å². The molecule has 0 bridgehead atoms. The van der Waals surface area contributed by atoms with E-state index in [-0.39, 0.29) is 13.0 Å². The molecule has 0 aliphatic heterocycles. The Kier molecular flexibility index (Phi) is 7.32. The second kappa shape index (κ2) is 10.6. The fourth-order valence-electron chi connectivity index (χ4n) is 2.63. The third kappa shape index (κ3) is 6.59. The van der Waals surface area contributed by atoms with Crippen LogP contribution in [0.25, 0.3) is 0 Å². The molecule has 0 aliphatic rings. The molecule has 0 fully saturated rings. The molecule has 1 atom stereocenters. The van der Waals surface area contributed by atoms with E-state index in [2.05, 4.69) is 25.8 Å². The van der Waals surface area contributed by atoms with Gasteiger partial charge in [0.15, 0.2) is 0 Å². The van der Waals surface area contributed by atoms with Crippen molar-refractivity contribution in [2.24, 2.45) is 5.10 Å².